The lowest BCUT2D eigenvalue weighted by atomic mass is 10.3. The van der Waals surface area contributed by atoms with E-state index in [0.29, 0.717) is 9.47 Å². The maximum absolute atomic E-state index is 12.5. The van der Waals surface area contributed by atoms with Crippen LogP contribution in [0.2, 0.25) is 5.15 Å². The Balaban J connectivity index is 2.14. The van der Waals surface area contributed by atoms with Crippen molar-refractivity contribution >= 4 is 42.6 Å². The zero-order valence-corrected chi connectivity index (χ0v) is 14.6. The Morgan fingerprint density at radius 3 is 2.33 bits per heavy atom. The molecule has 0 N–H and O–H groups in total. The highest BCUT2D eigenvalue weighted by Gasteiger charge is 2.25. The van der Waals surface area contributed by atoms with E-state index in [0.717, 1.165) is 6.26 Å². The quantitative estimate of drug-likeness (QED) is 0.682. The summed E-state index contributed by atoms with van der Waals surface area (Å²) in [6.45, 7) is 0. The molecule has 2 aromatic carbocycles. The highest BCUT2D eigenvalue weighted by Crippen LogP contribution is 2.28. The maximum Gasteiger partial charge on any atom is 0.429 e. The molecule has 0 aliphatic rings. The molecule has 126 valence electrons. The molecule has 3 rings (SSSR count). The number of aromatic nitrogens is 2. The average Bonchev–Trinajstić information content (AvgIpc) is 2.85. The summed E-state index contributed by atoms with van der Waals surface area (Å²) in [5, 5.41) is 4.20. The van der Waals surface area contributed by atoms with Crippen LogP contribution in [0, 0.1) is 0 Å². The van der Waals surface area contributed by atoms with Crippen molar-refractivity contribution in [3.63, 3.8) is 0 Å². The van der Waals surface area contributed by atoms with Crippen molar-refractivity contribution in [1.82, 2.24) is 9.19 Å². The molecule has 1 aromatic heterocycles. The second-order valence-electron chi connectivity index (χ2n) is 4.91. The largest absolute Gasteiger partial charge is 0.429 e. The fraction of sp³-hybridized carbons (Fsp3) is 0.0714. The van der Waals surface area contributed by atoms with Crippen molar-refractivity contribution in [1.29, 1.82) is 0 Å². The summed E-state index contributed by atoms with van der Waals surface area (Å²) in [6.07, 6.45) is 0.960. The lowest BCUT2D eigenvalue weighted by molar-refractivity contribution is 0.465. The molecule has 0 amide bonds. The minimum absolute atomic E-state index is 0.00540. The minimum atomic E-state index is -4.45. The molecular weight excluding hydrogens is 376 g/mol. The minimum Gasteiger partial charge on any atom is -0.364 e. The summed E-state index contributed by atoms with van der Waals surface area (Å²) in [7, 11) is -8.12. The molecular formula is C14H11ClN2O5S2. The van der Waals surface area contributed by atoms with Gasteiger partial charge in [-0.3, -0.25) is 0 Å². The van der Waals surface area contributed by atoms with Crippen molar-refractivity contribution in [2.24, 2.45) is 0 Å². The third-order valence-corrected chi connectivity index (χ3v) is 5.67. The van der Waals surface area contributed by atoms with Crippen LogP contribution in [0.3, 0.4) is 0 Å². The third kappa shape index (κ3) is 2.97. The Hall–Kier alpha value is -2.10. The van der Waals surface area contributed by atoms with E-state index in [9.17, 15) is 16.8 Å². The third-order valence-electron chi connectivity index (χ3n) is 3.17. The number of hydrogen-bond acceptors (Lipinski definition) is 6. The van der Waals surface area contributed by atoms with Crippen LogP contribution in [-0.4, -0.2) is 32.3 Å². The maximum atomic E-state index is 12.5. The van der Waals surface area contributed by atoms with Crippen LogP contribution in [0.15, 0.2) is 53.4 Å². The lowest BCUT2D eigenvalue weighted by Gasteiger charge is -2.10. The number of para-hydroxylation sites is 2. The Morgan fingerprint density at radius 1 is 1.00 bits per heavy atom. The molecule has 0 aliphatic heterocycles. The molecule has 0 saturated heterocycles. The van der Waals surface area contributed by atoms with Gasteiger partial charge < -0.3 is 4.18 Å². The first kappa shape index (κ1) is 16.7. The predicted molar refractivity (Wildman–Crippen MR) is 89.2 cm³/mol. The molecule has 3 aromatic rings. The van der Waals surface area contributed by atoms with Gasteiger partial charge in [0.05, 0.1) is 5.52 Å². The van der Waals surface area contributed by atoms with Gasteiger partial charge in [-0.25, -0.2) is 8.42 Å². The molecule has 10 heteroatoms. The van der Waals surface area contributed by atoms with Crippen LogP contribution < -0.4 is 4.18 Å². The summed E-state index contributed by atoms with van der Waals surface area (Å²) in [5.74, 6) is -0.310. The van der Waals surface area contributed by atoms with Crippen molar-refractivity contribution in [2.75, 3.05) is 6.26 Å². The number of sulfone groups is 1. The molecule has 0 bridgehead atoms. The molecule has 0 atom stereocenters. The van der Waals surface area contributed by atoms with Gasteiger partial charge in [-0.1, -0.05) is 35.9 Å². The molecule has 7 nitrogen and oxygen atoms in total. The Bertz CT molecular complexity index is 1140. The molecule has 0 radical (unpaired) electrons. The number of rotatable bonds is 4. The van der Waals surface area contributed by atoms with Gasteiger partial charge in [0.1, 0.15) is 4.90 Å². The first-order valence-corrected chi connectivity index (χ1v) is 10.2. The van der Waals surface area contributed by atoms with Crippen LogP contribution in [0.4, 0.5) is 0 Å². The van der Waals surface area contributed by atoms with E-state index in [-0.39, 0.29) is 21.3 Å². The number of hydrogen-bond donors (Lipinski definition) is 0. The monoisotopic (exact) mass is 386 g/mol. The Morgan fingerprint density at radius 2 is 1.62 bits per heavy atom. The van der Waals surface area contributed by atoms with Crippen molar-refractivity contribution < 1.29 is 21.0 Å². The number of benzene rings is 2. The standard InChI is InChI=1S/C14H11ClN2O5S2/c1-23(18,19)13-9-5-4-8-12(13)22-24(20,21)17-11-7-3-2-6-10(11)14(15)16-17/h2-9H,1H3. The van der Waals surface area contributed by atoms with Crippen LogP contribution >= 0.6 is 11.6 Å². The van der Waals surface area contributed by atoms with E-state index in [2.05, 4.69) is 5.10 Å². The summed E-state index contributed by atoms with van der Waals surface area (Å²) < 4.78 is 54.2. The Labute approximate surface area is 143 Å². The van der Waals surface area contributed by atoms with Gasteiger partial charge in [-0.05, 0) is 24.3 Å². The predicted octanol–water partition coefficient (Wildman–Crippen LogP) is 2.27. The zero-order chi connectivity index (χ0) is 17.5. The second-order valence-corrected chi connectivity index (χ2v) is 8.62. The second kappa shape index (κ2) is 5.76. The fourth-order valence-corrected chi connectivity index (χ4v) is 4.31. The number of nitrogens with zero attached hydrogens (tertiary/aromatic N) is 2. The molecule has 24 heavy (non-hydrogen) atoms. The van der Waals surface area contributed by atoms with Crippen molar-refractivity contribution in [3.8, 4) is 5.75 Å². The smallest absolute Gasteiger partial charge is 0.364 e. The number of fused-ring (bicyclic) bond motifs is 1. The van der Waals surface area contributed by atoms with E-state index < -0.39 is 20.1 Å². The normalized spacial score (nSPS) is 12.4. The first-order chi connectivity index (χ1) is 11.2. The fourth-order valence-electron chi connectivity index (χ4n) is 2.15. The van der Waals surface area contributed by atoms with E-state index >= 15 is 0 Å². The lowest BCUT2D eigenvalue weighted by Crippen LogP contribution is -2.21. The van der Waals surface area contributed by atoms with Gasteiger partial charge in [0.2, 0.25) is 0 Å². The van der Waals surface area contributed by atoms with Gasteiger partial charge in [0.25, 0.3) is 0 Å². The van der Waals surface area contributed by atoms with E-state index in [1.807, 2.05) is 0 Å². The molecule has 0 aliphatic carbocycles. The van der Waals surface area contributed by atoms with Gasteiger partial charge >= 0.3 is 10.3 Å². The van der Waals surface area contributed by atoms with Crippen LogP contribution in [0.5, 0.6) is 5.75 Å². The molecule has 0 unspecified atom stereocenters. The summed E-state index contributed by atoms with van der Waals surface area (Å²) in [6, 6.07) is 11.9. The van der Waals surface area contributed by atoms with E-state index in [4.69, 9.17) is 15.8 Å². The van der Waals surface area contributed by atoms with Gasteiger partial charge in [-0.2, -0.15) is 8.42 Å². The summed E-state index contributed by atoms with van der Waals surface area (Å²) in [5.41, 5.74) is 0.222. The van der Waals surface area contributed by atoms with Crippen molar-refractivity contribution in [3.05, 3.63) is 53.7 Å². The van der Waals surface area contributed by atoms with Gasteiger partial charge in [0, 0.05) is 11.6 Å². The molecule has 0 fully saturated rings. The van der Waals surface area contributed by atoms with Crippen molar-refractivity contribution in [2.45, 2.75) is 4.90 Å². The summed E-state index contributed by atoms with van der Waals surface area (Å²) in [4.78, 5) is -0.240. The highest BCUT2D eigenvalue weighted by atomic mass is 35.5. The average molecular weight is 387 g/mol. The SMILES string of the molecule is CS(=O)(=O)c1ccccc1OS(=O)(=O)n1nc(Cl)c2ccccc21. The van der Waals surface area contributed by atoms with Gasteiger partial charge in [-0.15, -0.1) is 9.19 Å². The number of halogens is 1. The summed E-state index contributed by atoms with van der Waals surface area (Å²) >= 11 is 5.94. The molecule has 1 heterocycles. The van der Waals surface area contributed by atoms with E-state index in [1.165, 1.54) is 30.3 Å². The van der Waals surface area contributed by atoms with Crippen LogP contribution in [-0.2, 0) is 20.1 Å². The zero-order valence-electron chi connectivity index (χ0n) is 12.2. The van der Waals surface area contributed by atoms with Crippen LogP contribution in [0.1, 0.15) is 0 Å². The topological polar surface area (TPSA) is 95.3 Å². The van der Waals surface area contributed by atoms with Gasteiger partial charge in [0.15, 0.2) is 20.7 Å². The Kier molecular flexibility index (Phi) is 4.02. The van der Waals surface area contributed by atoms with Crippen LogP contribution in [0.25, 0.3) is 10.9 Å². The highest BCUT2D eigenvalue weighted by molar-refractivity contribution is 7.91. The molecule has 0 spiro atoms. The van der Waals surface area contributed by atoms with E-state index in [1.54, 1.807) is 18.2 Å². The first-order valence-electron chi connectivity index (χ1n) is 6.57. The molecule has 0 saturated carbocycles.